The van der Waals surface area contributed by atoms with Gasteiger partial charge in [-0.1, -0.05) is 48.5 Å². The maximum Gasteiger partial charge on any atom is 0.229 e. The summed E-state index contributed by atoms with van der Waals surface area (Å²) in [5, 5.41) is 24.0. The fourth-order valence-corrected chi connectivity index (χ4v) is 4.19. The van der Waals surface area contributed by atoms with Gasteiger partial charge in [0.15, 0.2) is 0 Å². The molecular weight excluding hydrogens is 440 g/mol. The molecule has 2 atom stereocenters. The normalized spacial score (nSPS) is 13.3. The summed E-state index contributed by atoms with van der Waals surface area (Å²) >= 11 is 0. The number of hydrogen-bond acceptors (Lipinski definition) is 6. The standard InChI is InChI=1S/C25H30N2O5S/c1-32-22-10-6-9-20(16-22)23(14-18-7-4-3-5-8-18)26-17-21(28)13-19-11-12-25(29)24(15-19)27-33(2,30)31/h3-12,15-16,21,23,26-29H,13-14,17H2,1-2H3. The molecule has 0 amide bonds. The number of hydrogen-bond donors (Lipinski definition) is 4. The Hall–Kier alpha value is -3.07. The molecule has 2 unspecified atom stereocenters. The number of methoxy groups -OCH3 is 1. The van der Waals surface area contributed by atoms with Crippen LogP contribution in [0.15, 0.2) is 72.8 Å². The van der Waals surface area contributed by atoms with Gasteiger partial charge in [-0.3, -0.25) is 4.72 Å². The molecule has 176 valence electrons. The van der Waals surface area contributed by atoms with Crippen molar-refractivity contribution < 1.29 is 23.4 Å². The number of sulfonamides is 1. The topological polar surface area (TPSA) is 108 Å². The zero-order valence-corrected chi connectivity index (χ0v) is 19.5. The van der Waals surface area contributed by atoms with E-state index in [1.165, 1.54) is 17.7 Å². The molecule has 0 saturated heterocycles. The van der Waals surface area contributed by atoms with Gasteiger partial charge in [0.05, 0.1) is 25.2 Å². The first-order chi connectivity index (χ1) is 15.7. The van der Waals surface area contributed by atoms with E-state index in [0.29, 0.717) is 18.5 Å². The fourth-order valence-electron chi connectivity index (χ4n) is 3.63. The minimum absolute atomic E-state index is 0.0422. The monoisotopic (exact) mass is 470 g/mol. The van der Waals surface area contributed by atoms with Crippen LogP contribution in [0.2, 0.25) is 0 Å². The highest BCUT2D eigenvalue weighted by Crippen LogP contribution is 2.26. The molecule has 3 rings (SSSR count). The van der Waals surface area contributed by atoms with Crippen LogP contribution in [0.3, 0.4) is 0 Å². The molecule has 0 aliphatic rings. The molecule has 8 heteroatoms. The van der Waals surface area contributed by atoms with Crippen molar-refractivity contribution in [2.75, 3.05) is 24.6 Å². The maximum atomic E-state index is 11.5. The Kier molecular flexibility index (Phi) is 8.32. The summed E-state index contributed by atoms with van der Waals surface area (Å²) in [5.41, 5.74) is 3.01. The Morgan fingerprint density at radius 1 is 0.939 bits per heavy atom. The summed E-state index contributed by atoms with van der Waals surface area (Å²) in [6, 6.07) is 22.5. The van der Waals surface area contributed by atoms with E-state index in [9.17, 15) is 18.6 Å². The first-order valence-corrected chi connectivity index (χ1v) is 12.5. The lowest BCUT2D eigenvalue weighted by molar-refractivity contribution is 0.167. The van der Waals surface area contributed by atoms with Crippen LogP contribution in [0.1, 0.15) is 22.7 Å². The van der Waals surface area contributed by atoms with E-state index in [-0.39, 0.29) is 17.5 Å². The predicted octanol–water partition coefficient (Wildman–Crippen LogP) is 3.25. The third kappa shape index (κ3) is 7.78. The quantitative estimate of drug-likeness (QED) is 0.321. The second-order valence-corrected chi connectivity index (χ2v) is 9.76. The molecule has 7 nitrogen and oxygen atoms in total. The summed E-state index contributed by atoms with van der Waals surface area (Å²) in [5.74, 6) is 0.598. The highest BCUT2D eigenvalue weighted by Gasteiger charge is 2.16. The Morgan fingerprint density at radius 3 is 2.39 bits per heavy atom. The van der Waals surface area contributed by atoms with Crippen molar-refractivity contribution >= 4 is 15.7 Å². The molecule has 0 aliphatic carbocycles. The number of aromatic hydroxyl groups is 1. The van der Waals surface area contributed by atoms with E-state index < -0.39 is 16.1 Å². The molecule has 3 aromatic rings. The highest BCUT2D eigenvalue weighted by molar-refractivity contribution is 7.92. The molecular formula is C25H30N2O5S. The van der Waals surface area contributed by atoms with Gasteiger partial charge in [-0.05, 0) is 53.8 Å². The lowest BCUT2D eigenvalue weighted by Gasteiger charge is -2.22. The van der Waals surface area contributed by atoms with Gasteiger partial charge in [-0.25, -0.2) is 8.42 Å². The van der Waals surface area contributed by atoms with Crippen LogP contribution in [0, 0.1) is 0 Å². The number of aliphatic hydroxyl groups is 1. The third-order valence-electron chi connectivity index (χ3n) is 5.21. The van der Waals surface area contributed by atoms with E-state index >= 15 is 0 Å². The van der Waals surface area contributed by atoms with Gasteiger partial charge < -0.3 is 20.3 Å². The predicted molar refractivity (Wildman–Crippen MR) is 130 cm³/mol. The van der Waals surface area contributed by atoms with Crippen LogP contribution in [-0.4, -0.2) is 44.6 Å². The van der Waals surface area contributed by atoms with Crippen LogP contribution in [0.25, 0.3) is 0 Å². The summed E-state index contributed by atoms with van der Waals surface area (Å²) in [4.78, 5) is 0. The Morgan fingerprint density at radius 2 is 1.70 bits per heavy atom. The van der Waals surface area contributed by atoms with E-state index in [2.05, 4.69) is 22.2 Å². The number of ether oxygens (including phenoxy) is 1. The molecule has 0 aliphatic heterocycles. The number of anilines is 1. The minimum atomic E-state index is -3.53. The van der Waals surface area contributed by atoms with Gasteiger partial charge in [0, 0.05) is 12.6 Å². The Bertz CT molecular complexity index is 1150. The SMILES string of the molecule is COc1cccc(C(Cc2ccccc2)NCC(O)Cc2ccc(O)c(NS(C)(=O)=O)c2)c1. The first kappa shape index (κ1) is 24.6. The smallest absolute Gasteiger partial charge is 0.229 e. The van der Waals surface area contributed by atoms with Crippen LogP contribution in [-0.2, 0) is 22.9 Å². The van der Waals surface area contributed by atoms with Crippen molar-refractivity contribution in [1.29, 1.82) is 0 Å². The van der Waals surface area contributed by atoms with Gasteiger partial charge in [0.1, 0.15) is 11.5 Å². The Balaban J connectivity index is 1.70. The zero-order chi connectivity index (χ0) is 23.8. The maximum absolute atomic E-state index is 11.5. The Labute approximate surface area is 195 Å². The van der Waals surface area contributed by atoms with E-state index in [4.69, 9.17) is 4.74 Å². The van der Waals surface area contributed by atoms with Gasteiger partial charge in [0.2, 0.25) is 10.0 Å². The average Bonchev–Trinajstić information content (AvgIpc) is 2.78. The number of nitrogens with one attached hydrogen (secondary N) is 2. The van der Waals surface area contributed by atoms with Crippen LogP contribution >= 0.6 is 0 Å². The summed E-state index contributed by atoms with van der Waals surface area (Å²) in [6.45, 7) is 0.324. The molecule has 3 aromatic carbocycles. The summed E-state index contributed by atoms with van der Waals surface area (Å²) in [7, 11) is -1.90. The molecule has 0 fully saturated rings. The van der Waals surface area contributed by atoms with Gasteiger partial charge in [-0.15, -0.1) is 0 Å². The number of benzene rings is 3. The molecule has 0 heterocycles. The van der Waals surface area contributed by atoms with Gasteiger partial charge in [0.25, 0.3) is 0 Å². The molecule has 33 heavy (non-hydrogen) atoms. The van der Waals surface area contributed by atoms with Crippen molar-refractivity contribution in [3.63, 3.8) is 0 Å². The number of aliphatic hydroxyl groups excluding tert-OH is 1. The fraction of sp³-hybridized carbons (Fsp3) is 0.280. The van der Waals surface area contributed by atoms with E-state index in [1.807, 2.05) is 42.5 Å². The van der Waals surface area contributed by atoms with E-state index in [1.54, 1.807) is 13.2 Å². The summed E-state index contributed by atoms with van der Waals surface area (Å²) < 4.78 is 30.7. The molecule has 0 saturated carbocycles. The molecule has 0 aromatic heterocycles. The molecule has 0 radical (unpaired) electrons. The van der Waals surface area contributed by atoms with Crippen molar-refractivity contribution in [1.82, 2.24) is 5.32 Å². The summed E-state index contributed by atoms with van der Waals surface area (Å²) in [6.07, 6.45) is 1.33. The molecule has 0 spiro atoms. The third-order valence-corrected chi connectivity index (χ3v) is 5.80. The van der Waals surface area contributed by atoms with Crippen LogP contribution < -0.4 is 14.8 Å². The van der Waals surface area contributed by atoms with Crippen molar-refractivity contribution in [2.45, 2.75) is 25.0 Å². The second-order valence-electron chi connectivity index (χ2n) is 8.01. The van der Waals surface area contributed by atoms with E-state index in [0.717, 1.165) is 24.0 Å². The lowest BCUT2D eigenvalue weighted by atomic mass is 9.98. The first-order valence-electron chi connectivity index (χ1n) is 10.6. The minimum Gasteiger partial charge on any atom is -0.506 e. The van der Waals surface area contributed by atoms with Gasteiger partial charge in [-0.2, -0.15) is 0 Å². The molecule has 0 bridgehead atoms. The molecule has 4 N–H and O–H groups in total. The van der Waals surface area contributed by atoms with Crippen molar-refractivity contribution in [3.05, 3.63) is 89.5 Å². The number of rotatable bonds is 11. The second kappa shape index (κ2) is 11.2. The lowest BCUT2D eigenvalue weighted by Crippen LogP contribution is -2.32. The van der Waals surface area contributed by atoms with Crippen LogP contribution in [0.5, 0.6) is 11.5 Å². The van der Waals surface area contributed by atoms with Crippen LogP contribution in [0.4, 0.5) is 5.69 Å². The number of phenols is 1. The highest BCUT2D eigenvalue weighted by atomic mass is 32.2. The van der Waals surface area contributed by atoms with Gasteiger partial charge >= 0.3 is 0 Å². The average molecular weight is 471 g/mol. The van der Waals surface area contributed by atoms with Crippen molar-refractivity contribution in [2.24, 2.45) is 0 Å². The largest absolute Gasteiger partial charge is 0.506 e. The van der Waals surface area contributed by atoms with Crippen molar-refractivity contribution in [3.8, 4) is 11.5 Å². The number of phenolic OH excluding ortho intramolecular Hbond substituents is 1. The zero-order valence-electron chi connectivity index (χ0n) is 18.7.